The summed E-state index contributed by atoms with van der Waals surface area (Å²) in [4.78, 5) is 21.2. The molecule has 32 heavy (non-hydrogen) atoms. The summed E-state index contributed by atoms with van der Waals surface area (Å²) < 4.78 is 5.76. The number of likely N-dealkylation sites (tertiary alicyclic amines) is 1. The Kier molecular flexibility index (Phi) is 7.63. The molecule has 2 aliphatic heterocycles. The first-order valence-electron chi connectivity index (χ1n) is 12.0. The molecule has 2 fully saturated rings. The first-order valence-corrected chi connectivity index (χ1v) is 12.0. The van der Waals surface area contributed by atoms with Gasteiger partial charge in [0.2, 0.25) is 5.89 Å². The average molecular weight is 440 g/mol. The quantitative estimate of drug-likeness (QED) is 0.548. The summed E-state index contributed by atoms with van der Waals surface area (Å²) >= 11 is 0. The highest BCUT2D eigenvalue weighted by molar-refractivity contribution is 5.80. The smallest absolute Gasteiger partial charge is 0.208 e. The van der Waals surface area contributed by atoms with Gasteiger partial charge in [-0.1, -0.05) is 6.07 Å². The van der Waals surface area contributed by atoms with Gasteiger partial charge in [0, 0.05) is 45.5 Å². The standard InChI is InChI=1S/C24H37N7O/c1-4-25-24(31-15-13-30(14-16-31)22-7-5-6-10-26-22)27-17-21-8-11-29(12-9-21)18-23-28-19(2)20(3)32-23/h5-7,10,21H,4,8-9,11-18H2,1-3H3,(H,25,27). The Bertz CT molecular complexity index is 846. The molecule has 4 heterocycles. The van der Waals surface area contributed by atoms with E-state index in [2.05, 4.69) is 49.0 Å². The molecule has 0 spiro atoms. The van der Waals surface area contributed by atoms with E-state index in [4.69, 9.17) is 9.41 Å². The van der Waals surface area contributed by atoms with E-state index in [9.17, 15) is 0 Å². The van der Waals surface area contributed by atoms with Crippen molar-refractivity contribution in [3.63, 3.8) is 0 Å². The Labute approximate surface area is 191 Å². The maximum absolute atomic E-state index is 5.76. The number of nitrogens with one attached hydrogen (secondary N) is 1. The van der Waals surface area contributed by atoms with Crippen LogP contribution in [0.15, 0.2) is 33.8 Å². The molecule has 0 unspecified atom stereocenters. The number of rotatable bonds is 6. The maximum Gasteiger partial charge on any atom is 0.208 e. The third-order valence-electron chi connectivity index (χ3n) is 6.53. The number of piperidine rings is 1. The van der Waals surface area contributed by atoms with Crippen LogP contribution in [-0.4, -0.2) is 78.1 Å². The van der Waals surface area contributed by atoms with Crippen molar-refractivity contribution in [3.05, 3.63) is 41.7 Å². The van der Waals surface area contributed by atoms with Crippen molar-refractivity contribution in [3.8, 4) is 0 Å². The van der Waals surface area contributed by atoms with E-state index in [1.807, 2.05) is 26.1 Å². The van der Waals surface area contributed by atoms with Crippen molar-refractivity contribution < 1.29 is 4.42 Å². The minimum atomic E-state index is 0.641. The van der Waals surface area contributed by atoms with Crippen LogP contribution in [-0.2, 0) is 6.54 Å². The number of anilines is 1. The van der Waals surface area contributed by atoms with Gasteiger partial charge in [-0.05, 0) is 64.8 Å². The zero-order chi connectivity index (χ0) is 22.3. The van der Waals surface area contributed by atoms with E-state index in [-0.39, 0.29) is 0 Å². The number of aryl methyl sites for hydroxylation is 2. The lowest BCUT2D eigenvalue weighted by Crippen LogP contribution is -2.53. The van der Waals surface area contributed by atoms with Gasteiger partial charge in [-0.15, -0.1) is 0 Å². The van der Waals surface area contributed by atoms with Gasteiger partial charge in [0.1, 0.15) is 11.6 Å². The number of aromatic nitrogens is 2. The molecule has 2 saturated heterocycles. The van der Waals surface area contributed by atoms with Crippen LogP contribution in [0.2, 0.25) is 0 Å². The molecule has 174 valence electrons. The zero-order valence-electron chi connectivity index (χ0n) is 19.8. The molecule has 0 aromatic carbocycles. The van der Waals surface area contributed by atoms with Crippen LogP contribution < -0.4 is 10.2 Å². The lowest BCUT2D eigenvalue weighted by atomic mass is 9.97. The van der Waals surface area contributed by atoms with Gasteiger partial charge in [-0.3, -0.25) is 9.89 Å². The number of oxazole rings is 1. The number of hydrogen-bond acceptors (Lipinski definition) is 6. The van der Waals surface area contributed by atoms with E-state index < -0.39 is 0 Å². The normalized spacial score (nSPS) is 18.9. The van der Waals surface area contributed by atoms with Crippen LogP contribution in [0, 0.1) is 19.8 Å². The van der Waals surface area contributed by atoms with Crippen molar-refractivity contribution in [1.82, 2.24) is 25.1 Å². The van der Waals surface area contributed by atoms with Gasteiger partial charge in [-0.25, -0.2) is 9.97 Å². The number of nitrogens with zero attached hydrogens (tertiary/aromatic N) is 6. The predicted octanol–water partition coefficient (Wildman–Crippen LogP) is 2.69. The summed E-state index contributed by atoms with van der Waals surface area (Å²) in [6.07, 6.45) is 4.22. The summed E-state index contributed by atoms with van der Waals surface area (Å²) in [5, 5.41) is 3.51. The summed E-state index contributed by atoms with van der Waals surface area (Å²) in [6, 6.07) is 6.11. The van der Waals surface area contributed by atoms with Crippen LogP contribution in [0.5, 0.6) is 0 Å². The number of pyridine rings is 1. The van der Waals surface area contributed by atoms with Crippen LogP contribution >= 0.6 is 0 Å². The second-order valence-corrected chi connectivity index (χ2v) is 8.83. The van der Waals surface area contributed by atoms with Crippen LogP contribution in [0.25, 0.3) is 0 Å². The molecule has 8 heteroatoms. The summed E-state index contributed by atoms with van der Waals surface area (Å²) in [5.41, 5.74) is 1.00. The third-order valence-corrected chi connectivity index (χ3v) is 6.53. The lowest BCUT2D eigenvalue weighted by Gasteiger charge is -2.37. The molecule has 4 rings (SSSR count). The molecular weight excluding hydrogens is 402 g/mol. The van der Waals surface area contributed by atoms with Crippen molar-refractivity contribution in [2.45, 2.75) is 40.2 Å². The number of aliphatic imine (C=N–C) groups is 1. The highest BCUT2D eigenvalue weighted by Crippen LogP contribution is 2.20. The monoisotopic (exact) mass is 439 g/mol. The molecule has 1 N–H and O–H groups in total. The Balaban J connectivity index is 1.25. The van der Waals surface area contributed by atoms with Gasteiger partial charge in [0.25, 0.3) is 0 Å². The second-order valence-electron chi connectivity index (χ2n) is 8.83. The van der Waals surface area contributed by atoms with E-state index in [0.717, 1.165) is 88.0 Å². The molecule has 0 atom stereocenters. The molecule has 2 aromatic rings. The van der Waals surface area contributed by atoms with E-state index >= 15 is 0 Å². The van der Waals surface area contributed by atoms with Crippen molar-refractivity contribution in [2.24, 2.45) is 10.9 Å². The zero-order valence-corrected chi connectivity index (χ0v) is 19.8. The summed E-state index contributed by atoms with van der Waals surface area (Å²) in [6.45, 7) is 14.8. The molecular formula is C24H37N7O. The molecule has 8 nitrogen and oxygen atoms in total. The van der Waals surface area contributed by atoms with Crippen molar-refractivity contribution in [2.75, 3.05) is 57.3 Å². The first-order chi connectivity index (χ1) is 15.6. The average Bonchev–Trinajstić information content (AvgIpc) is 3.15. The van der Waals surface area contributed by atoms with Gasteiger partial charge < -0.3 is 19.5 Å². The van der Waals surface area contributed by atoms with E-state index in [0.29, 0.717) is 5.92 Å². The third kappa shape index (κ3) is 5.79. The Morgan fingerprint density at radius 2 is 1.91 bits per heavy atom. The molecule has 0 saturated carbocycles. The lowest BCUT2D eigenvalue weighted by molar-refractivity contribution is 0.166. The molecule has 0 bridgehead atoms. The Morgan fingerprint density at radius 1 is 1.12 bits per heavy atom. The molecule has 2 aliphatic rings. The molecule has 2 aromatic heterocycles. The maximum atomic E-state index is 5.76. The molecule has 0 aliphatic carbocycles. The topological polar surface area (TPSA) is 73.0 Å². The summed E-state index contributed by atoms with van der Waals surface area (Å²) in [5.74, 6) is 4.54. The fourth-order valence-electron chi connectivity index (χ4n) is 4.45. The van der Waals surface area contributed by atoms with Crippen LogP contribution in [0.4, 0.5) is 5.82 Å². The molecule has 0 radical (unpaired) electrons. The number of piperazine rings is 1. The van der Waals surface area contributed by atoms with Crippen molar-refractivity contribution >= 4 is 11.8 Å². The van der Waals surface area contributed by atoms with Gasteiger partial charge >= 0.3 is 0 Å². The van der Waals surface area contributed by atoms with Crippen molar-refractivity contribution in [1.29, 1.82) is 0 Å². The van der Waals surface area contributed by atoms with Gasteiger partial charge in [0.15, 0.2) is 5.96 Å². The van der Waals surface area contributed by atoms with E-state index in [1.54, 1.807) is 0 Å². The number of hydrogen-bond donors (Lipinski definition) is 1. The van der Waals surface area contributed by atoms with Gasteiger partial charge in [0.05, 0.1) is 12.2 Å². The number of guanidine groups is 1. The largest absolute Gasteiger partial charge is 0.444 e. The van der Waals surface area contributed by atoms with Crippen LogP contribution in [0.3, 0.4) is 0 Å². The minimum absolute atomic E-state index is 0.641. The van der Waals surface area contributed by atoms with Gasteiger partial charge in [-0.2, -0.15) is 0 Å². The SMILES string of the molecule is CCNC(=NCC1CCN(Cc2nc(C)c(C)o2)CC1)N1CCN(c2ccccn2)CC1. The Morgan fingerprint density at radius 3 is 2.53 bits per heavy atom. The predicted molar refractivity (Wildman–Crippen MR) is 128 cm³/mol. The first kappa shape index (κ1) is 22.6. The fourth-order valence-corrected chi connectivity index (χ4v) is 4.45. The summed E-state index contributed by atoms with van der Waals surface area (Å²) in [7, 11) is 0. The molecule has 0 amide bonds. The second kappa shape index (κ2) is 10.8. The van der Waals surface area contributed by atoms with E-state index in [1.165, 1.54) is 12.8 Å². The Hall–Kier alpha value is -2.61. The highest BCUT2D eigenvalue weighted by Gasteiger charge is 2.23. The highest BCUT2D eigenvalue weighted by atomic mass is 16.4. The van der Waals surface area contributed by atoms with Crippen LogP contribution in [0.1, 0.15) is 37.1 Å². The minimum Gasteiger partial charge on any atom is -0.444 e. The fraction of sp³-hybridized carbons (Fsp3) is 0.625.